The summed E-state index contributed by atoms with van der Waals surface area (Å²) in [4.78, 5) is 0. The molecule has 1 saturated heterocycles. The second kappa shape index (κ2) is 6.46. The number of rotatable bonds is 5. The molecule has 4 heteroatoms. The Kier molecular flexibility index (Phi) is 4.89. The normalized spacial score (nSPS) is 21.5. The molecule has 4 nitrogen and oxygen atoms in total. The predicted octanol–water partition coefficient (Wildman–Crippen LogP) is 2.75. The van der Waals surface area contributed by atoms with Crippen molar-refractivity contribution >= 4 is 0 Å². The Morgan fingerprint density at radius 2 is 2.00 bits per heavy atom. The molecule has 1 atom stereocenters. The molecule has 1 aliphatic rings. The first-order valence-corrected chi connectivity index (χ1v) is 7.12. The third kappa shape index (κ3) is 3.87. The van der Waals surface area contributed by atoms with Crippen molar-refractivity contribution in [3.05, 3.63) is 23.8 Å². The van der Waals surface area contributed by atoms with E-state index in [0.717, 1.165) is 37.5 Å². The third-order valence-corrected chi connectivity index (χ3v) is 3.74. The molecule has 0 bridgehead atoms. The number of nitrogens with one attached hydrogen (secondary N) is 1. The monoisotopic (exact) mass is 279 g/mol. The Hall–Kier alpha value is -1.26. The Labute approximate surface area is 121 Å². The van der Waals surface area contributed by atoms with Gasteiger partial charge < -0.3 is 19.5 Å². The van der Waals surface area contributed by atoms with Gasteiger partial charge >= 0.3 is 0 Å². The maximum atomic E-state index is 5.74. The van der Waals surface area contributed by atoms with E-state index in [4.69, 9.17) is 14.2 Å². The number of hydrogen-bond donors (Lipinski definition) is 1. The molecular weight excluding hydrogens is 254 g/mol. The lowest BCUT2D eigenvalue weighted by Gasteiger charge is -2.36. The fraction of sp³-hybridized carbons (Fsp3) is 0.625. The van der Waals surface area contributed by atoms with Crippen LogP contribution in [0.5, 0.6) is 11.5 Å². The van der Waals surface area contributed by atoms with E-state index in [2.05, 4.69) is 25.2 Å². The molecule has 1 aliphatic heterocycles. The molecular formula is C16H25NO3. The molecule has 1 N–H and O–H groups in total. The zero-order valence-electron chi connectivity index (χ0n) is 12.9. The molecule has 0 radical (unpaired) electrons. The minimum absolute atomic E-state index is 0.0203. The van der Waals surface area contributed by atoms with Crippen LogP contribution >= 0.6 is 0 Å². The molecule has 112 valence electrons. The number of ether oxygens (including phenoxy) is 3. The highest BCUT2D eigenvalue weighted by Gasteiger charge is 2.28. The lowest BCUT2D eigenvalue weighted by atomic mass is 9.94. The molecule has 1 fully saturated rings. The summed E-state index contributed by atoms with van der Waals surface area (Å²) in [5.74, 6) is 1.54. The van der Waals surface area contributed by atoms with Gasteiger partial charge in [0.25, 0.3) is 0 Å². The maximum Gasteiger partial charge on any atom is 0.161 e. The Morgan fingerprint density at radius 3 is 2.65 bits per heavy atom. The standard InChI is InChI=1S/C16H25NO3/c1-16(2)10-13(7-8-20-16)17-11-12-5-6-14(18-3)15(9-12)19-4/h5-6,9,13,17H,7-8,10-11H2,1-4H3. The van der Waals surface area contributed by atoms with E-state index < -0.39 is 0 Å². The van der Waals surface area contributed by atoms with Crippen LogP contribution in [-0.4, -0.2) is 32.5 Å². The van der Waals surface area contributed by atoms with Gasteiger partial charge in [0, 0.05) is 19.2 Å². The smallest absolute Gasteiger partial charge is 0.161 e. The first-order valence-electron chi connectivity index (χ1n) is 7.12. The van der Waals surface area contributed by atoms with E-state index in [-0.39, 0.29) is 5.60 Å². The van der Waals surface area contributed by atoms with E-state index >= 15 is 0 Å². The second-order valence-electron chi connectivity index (χ2n) is 5.87. The van der Waals surface area contributed by atoms with Crippen LogP contribution < -0.4 is 14.8 Å². The van der Waals surface area contributed by atoms with Gasteiger partial charge in [-0.1, -0.05) is 6.07 Å². The van der Waals surface area contributed by atoms with Gasteiger partial charge in [0.2, 0.25) is 0 Å². The molecule has 0 saturated carbocycles. The van der Waals surface area contributed by atoms with E-state index in [9.17, 15) is 0 Å². The number of benzene rings is 1. The van der Waals surface area contributed by atoms with Crippen molar-refractivity contribution in [3.63, 3.8) is 0 Å². The quantitative estimate of drug-likeness (QED) is 0.899. The highest BCUT2D eigenvalue weighted by molar-refractivity contribution is 5.42. The second-order valence-corrected chi connectivity index (χ2v) is 5.87. The molecule has 0 aromatic heterocycles. The predicted molar refractivity (Wildman–Crippen MR) is 79.4 cm³/mol. The van der Waals surface area contributed by atoms with Crippen LogP contribution in [0.3, 0.4) is 0 Å². The zero-order chi connectivity index (χ0) is 14.6. The Balaban J connectivity index is 1.93. The topological polar surface area (TPSA) is 39.7 Å². The summed E-state index contributed by atoms with van der Waals surface area (Å²) in [5, 5.41) is 3.61. The number of methoxy groups -OCH3 is 2. The minimum Gasteiger partial charge on any atom is -0.493 e. The summed E-state index contributed by atoms with van der Waals surface area (Å²) < 4.78 is 16.3. The Morgan fingerprint density at radius 1 is 1.25 bits per heavy atom. The van der Waals surface area contributed by atoms with Crippen molar-refractivity contribution in [2.75, 3.05) is 20.8 Å². The Bertz CT molecular complexity index is 445. The number of hydrogen-bond acceptors (Lipinski definition) is 4. The fourth-order valence-electron chi connectivity index (χ4n) is 2.66. The van der Waals surface area contributed by atoms with Gasteiger partial charge in [0.05, 0.1) is 19.8 Å². The van der Waals surface area contributed by atoms with E-state index in [1.807, 2.05) is 12.1 Å². The van der Waals surface area contributed by atoms with Crippen molar-refractivity contribution in [3.8, 4) is 11.5 Å². The summed E-state index contributed by atoms with van der Waals surface area (Å²) in [7, 11) is 3.32. The largest absolute Gasteiger partial charge is 0.493 e. The molecule has 0 aliphatic carbocycles. The highest BCUT2D eigenvalue weighted by atomic mass is 16.5. The lowest BCUT2D eigenvalue weighted by Crippen LogP contribution is -2.43. The summed E-state index contributed by atoms with van der Waals surface area (Å²) in [6.07, 6.45) is 2.11. The average molecular weight is 279 g/mol. The molecule has 1 aromatic carbocycles. The van der Waals surface area contributed by atoms with Gasteiger partial charge in [0.1, 0.15) is 0 Å². The zero-order valence-corrected chi connectivity index (χ0v) is 12.9. The molecule has 1 unspecified atom stereocenters. The van der Waals surface area contributed by atoms with E-state index in [1.165, 1.54) is 5.56 Å². The van der Waals surface area contributed by atoms with Crippen LogP contribution in [0, 0.1) is 0 Å². The molecule has 0 spiro atoms. The van der Waals surface area contributed by atoms with Gasteiger partial charge in [-0.25, -0.2) is 0 Å². The van der Waals surface area contributed by atoms with Crippen molar-refractivity contribution in [2.24, 2.45) is 0 Å². The van der Waals surface area contributed by atoms with Crippen LogP contribution in [0.25, 0.3) is 0 Å². The summed E-state index contributed by atoms with van der Waals surface area (Å²) in [6.45, 7) is 5.96. The van der Waals surface area contributed by atoms with Crippen LogP contribution in [0.15, 0.2) is 18.2 Å². The van der Waals surface area contributed by atoms with E-state index in [0.29, 0.717) is 6.04 Å². The SMILES string of the molecule is COc1ccc(CNC2CCOC(C)(C)C2)cc1OC. The third-order valence-electron chi connectivity index (χ3n) is 3.74. The van der Waals surface area contributed by atoms with Crippen LogP contribution in [0.4, 0.5) is 0 Å². The van der Waals surface area contributed by atoms with Gasteiger partial charge in [-0.2, -0.15) is 0 Å². The van der Waals surface area contributed by atoms with Crippen LogP contribution in [-0.2, 0) is 11.3 Å². The van der Waals surface area contributed by atoms with Gasteiger partial charge in [-0.05, 0) is 44.4 Å². The fourth-order valence-corrected chi connectivity index (χ4v) is 2.66. The van der Waals surface area contributed by atoms with Gasteiger partial charge in [-0.3, -0.25) is 0 Å². The summed E-state index contributed by atoms with van der Waals surface area (Å²) in [6, 6.07) is 6.55. The molecule has 1 aromatic rings. The minimum atomic E-state index is -0.0203. The van der Waals surface area contributed by atoms with Gasteiger partial charge in [0.15, 0.2) is 11.5 Å². The van der Waals surface area contributed by atoms with Crippen molar-refractivity contribution in [2.45, 2.75) is 44.9 Å². The van der Waals surface area contributed by atoms with Crippen LogP contribution in [0.2, 0.25) is 0 Å². The van der Waals surface area contributed by atoms with Crippen molar-refractivity contribution < 1.29 is 14.2 Å². The van der Waals surface area contributed by atoms with Gasteiger partial charge in [-0.15, -0.1) is 0 Å². The molecule has 2 rings (SSSR count). The average Bonchev–Trinajstić information content (AvgIpc) is 2.43. The molecule has 20 heavy (non-hydrogen) atoms. The van der Waals surface area contributed by atoms with Crippen molar-refractivity contribution in [1.82, 2.24) is 5.32 Å². The highest BCUT2D eigenvalue weighted by Crippen LogP contribution is 2.28. The van der Waals surface area contributed by atoms with Crippen molar-refractivity contribution in [1.29, 1.82) is 0 Å². The molecule has 0 amide bonds. The first kappa shape index (κ1) is 15.1. The van der Waals surface area contributed by atoms with Crippen LogP contribution in [0.1, 0.15) is 32.3 Å². The summed E-state index contributed by atoms with van der Waals surface area (Å²) >= 11 is 0. The molecule has 1 heterocycles. The maximum absolute atomic E-state index is 5.74. The lowest BCUT2D eigenvalue weighted by molar-refractivity contribution is -0.0630. The summed E-state index contributed by atoms with van der Waals surface area (Å²) in [5.41, 5.74) is 1.18. The first-order chi connectivity index (χ1) is 9.54. The van der Waals surface area contributed by atoms with E-state index in [1.54, 1.807) is 14.2 Å².